The Morgan fingerprint density at radius 1 is 1.07 bits per heavy atom. The normalized spacial score (nSPS) is 17.2. The number of rotatable bonds is 11. The van der Waals surface area contributed by atoms with Crippen molar-refractivity contribution in [1.29, 1.82) is 0 Å². The average Bonchev–Trinajstić information content (AvgIpc) is 3.75. The highest BCUT2D eigenvalue weighted by molar-refractivity contribution is 7.85. The molecule has 2 amide bonds. The number of nitrogens with zero attached hydrogens (tertiary/aromatic N) is 1. The Labute approximate surface area is 246 Å². The number of fused-ring (bicyclic) bond motifs is 3. The number of hydrogen-bond acceptors (Lipinski definition) is 6. The summed E-state index contributed by atoms with van der Waals surface area (Å²) in [6.45, 7) is 5.07. The fourth-order valence-corrected chi connectivity index (χ4v) is 5.89. The number of alkyl carbamates (subject to hydrolysis) is 1. The second kappa shape index (κ2) is 12.5. The summed E-state index contributed by atoms with van der Waals surface area (Å²) in [4.78, 5) is 27.3. The summed E-state index contributed by atoms with van der Waals surface area (Å²) in [6, 6.07) is 19.8. The van der Waals surface area contributed by atoms with Crippen molar-refractivity contribution in [2.45, 2.75) is 45.6 Å². The Kier molecular flexibility index (Phi) is 8.84. The molecule has 1 aliphatic heterocycles. The molecule has 42 heavy (non-hydrogen) atoms. The molecule has 2 aliphatic rings. The molecule has 2 atom stereocenters. The van der Waals surface area contributed by atoms with E-state index in [4.69, 9.17) is 14.0 Å². The van der Waals surface area contributed by atoms with Gasteiger partial charge in [0.05, 0.1) is 12.4 Å². The highest BCUT2D eigenvalue weighted by Crippen LogP contribution is 2.57. The number of aryl methyl sites for hydroxylation is 1. The molecule has 0 radical (unpaired) electrons. The van der Waals surface area contributed by atoms with Gasteiger partial charge in [-0.05, 0) is 90.1 Å². The molecule has 0 aromatic heterocycles. The molecule has 9 nitrogen and oxygen atoms in total. The van der Waals surface area contributed by atoms with E-state index in [2.05, 4.69) is 24.4 Å². The van der Waals surface area contributed by atoms with Crippen LogP contribution in [0.25, 0.3) is 11.1 Å². The van der Waals surface area contributed by atoms with Gasteiger partial charge in [0.15, 0.2) is 0 Å². The summed E-state index contributed by atoms with van der Waals surface area (Å²) >= 11 is 0. The van der Waals surface area contributed by atoms with Crippen molar-refractivity contribution >= 4 is 27.8 Å². The predicted octanol–water partition coefficient (Wildman–Crippen LogP) is 5.39. The van der Waals surface area contributed by atoms with E-state index < -0.39 is 22.0 Å². The number of carbonyl (C=O) groups excluding carboxylic acids is 2. The predicted molar refractivity (Wildman–Crippen MR) is 160 cm³/mol. The lowest BCUT2D eigenvalue weighted by Crippen LogP contribution is -2.36. The van der Waals surface area contributed by atoms with Crippen molar-refractivity contribution in [2.24, 2.45) is 5.92 Å². The van der Waals surface area contributed by atoms with Gasteiger partial charge in [0.25, 0.3) is 10.1 Å². The number of anilines is 1. The van der Waals surface area contributed by atoms with E-state index in [1.54, 1.807) is 0 Å². The second-order valence-electron chi connectivity index (χ2n) is 11.0. The molecule has 0 unspecified atom stereocenters. The van der Waals surface area contributed by atoms with Crippen LogP contribution >= 0.6 is 0 Å². The lowest BCUT2D eigenvalue weighted by molar-refractivity contribution is -0.119. The fraction of sp³-hybridized carbons (Fsp3) is 0.375. The standard InChI is InChI=1S/C32H36N2O7S/c1-21-7-3-12-29(22(21)2)40-15-6-13-30(35)34-19-25-18-27(25)31-26(10-5-11-28(31)34)24-9-4-8-23(17-24)20-41-32(36)33-14-16-42(37,38)39/h3-5,7-12,17,25,27H,6,13-16,18-20H2,1-2H3,(H,33,36)(H,37,38,39)/t25-,27-/m1/s1. The molecule has 10 heteroatoms. The maximum Gasteiger partial charge on any atom is 0.407 e. The third-order valence-electron chi connectivity index (χ3n) is 7.97. The molecule has 2 N–H and O–H groups in total. The first-order valence-electron chi connectivity index (χ1n) is 14.2. The summed E-state index contributed by atoms with van der Waals surface area (Å²) < 4.78 is 41.6. The fourth-order valence-electron chi connectivity index (χ4n) is 5.53. The van der Waals surface area contributed by atoms with Gasteiger partial charge in [0.1, 0.15) is 12.4 Å². The van der Waals surface area contributed by atoms with E-state index in [9.17, 15) is 18.0 Å². The van der Waals surface area contributed by atoms with Crippen LogP contribution in [-0.4, -0.2) is 50.4 Å². The molecule has 222 valence electrons. The van der Waals surface area contributed by atoms with Crippen molar-refractivity contribution in [3.8, 4) is 16.9 Å². The molecule has 0 saturated heterocycles. The Morgan fingerprint density at radius 3 is 2.67 bits per heavy atom. The molecular formula is C32H36N2O7S. The van der Waals surface area contributed by atoms with Gasteiger partial charge in [-0.25, -0.2) is 4.79 Å². The van der Waals surface area contributed by atoms with Crippen LogP contribution in [0.3, 0.4) is 0 Å². The van der Waals surface area contributed by atoms with E-state index in [-0.39, 0.29) is 19.1 Å². The van der Waals surface area contributed by atoms with E-state index in [0.29, 0.717) is 31.3 Å². The van der Waals surface area contributed by atoms with Crippen LogP contribution in [0.2, 0.25) is 0 Å². The van der Waals surface area contributed by atoms with Crippen molar-refractivity contribution in [3.05, 3.63) is 82.9 Å². The Bertz CT molecular complexity index is 1590. The zero-order valence-electron chi connectivity index (χ0n) is 23.8. The van der Waals surface area contributed by atoms with Crippen molar-refractivity contribution < 1.29 is 32.0 Å². The summed E-state index contributed by atoms with van der Waals surface area (Å²) in [6.07, 6.45) is 1.33. The van der Waals surface area contributed by atoms with Gasteiger partial charge in [-0.15, -0.1) is 0 Å². The van der Waals surface area contributed by atoms with E-state index >= 15 is 0 Å². The summed E-state index contributed by atoms with van der Waals surface area (Å²) in [5.74, 6) is 1.25. The maximum atomic E-state index is 13.4. The first-order chi connectivity index (χ1) is 20.1. The van der Waals surface area contributed by atoms with Gasteiger partial charge in [0, 0.05) is 25.2 Å². The molecule has 1 heterocycles. The summed E-state index contributed by atoms with van der Waals surface area (Å²) in [7, 11) is -4.16. The van der Waals surface area contributed by atoms with Crippen molar-refractivity contribution in [1.82, 2.24) is 5.32 Å². The topological polar surface area (TPSA) is 122 Å². The van der Waals surface area contributed by atoms with Gasteiger partial charge in [0.2, 0.25) is 5.91 Å². The van der Waals surface area contributed by atoms with Gasteiger partial charge in [-0.1, -0.05) is 42.5 Å². The summed E-state index contributed by atoms with van der Waals surface area (Å²) in [5, 5.41) is 2.31. The summed E-state index contributed by atoms with van der Waals surface area (Å²) in [5.41, 5.74) is 7.27. The van der Waals surface area contributed by atoms with E-state index in [0.717, 1.165) is 46.7 Å². The first-order valence-corrected chi connectivity index (χ1v) is 15.8. The van der Waals surface area contributed by atoms with E-state index in [1.165, 1.54) is 11.1 Å². The van der Waals surface area contributed by atoms with Crippen molar-refractivity contribution in [3.63, 3.8) is 0 Å². The van der Waals surface area contributed by atoms with Gasteiger partial charge in [-0.2, -0.15) is 8.42 Å². The zero-order valence-corrected chi connectivity index (χ0v) is 24.7. The number of nitrogens with one attached hydrogen (secondary N) is 1. The van der Waals surface area contributed by atoms with Crippen LogP contribution in [0.5, 0.6) is 5.75 Å². The third kappa shape index (κ3) is 7.11. The largest absolute Gasteiger partial charge is 0.493 e. The molecule has 1 saturated carbocycles. The lowest BCUT2D eigenvalue weighted by Gasteiger charge is -2.31. The molecule has 3 aromatic carbocycles. The maximum absolute atomic E-state index is 13.4. The Hall–Kier alpha value is -3.89. The molecule has 3 aromatic rings. The number of amides is 2. The average molecular weight is 593 g/mol. The molecule has 5 rings (SSSR count). The highest BCUT2D eigenvalue weighted by Gasteiger charge is 2.47. The number of hydrogen-bond donors (Lipinski definition) is 2. The molecule has 0 spiro atoms. The monoisotopic (exact) mass is 592 g/mol. The van der Waals surface area contributed by atoms with Gasteiger partial charge in [-0.3, -0.25) is 9.35 Å². The second-order valence-corrected chi connectivity index (χ2v) is 12.6. The van der Waals surface area contributed by atoms with Crippen LogP contribution in [-0.2, 0) is 26.3 Å². The SMILES string of the molecule is Cc1cccc(OCCCC(=O)N2C[C@H]3C[C@H]3c3c(-c4cccc(COC(=O)NCCS(=O)(=O)O)c4)cccc32)c1C. The minimum absolute atomic E-state index is 0.00137. The lowest BCUT2D eigenvalue weighted by atomic mass is 9.91. The number of carbonyl (C=O) groups is 2. The van der Waals surface area contributed by atoms with Crippen LogP contribution in [0.15, 0.2) is 60.7 Å². The highest BCUT2D eigenvalue weighted by atomic mass is 32.2. The molecular weight excluding hydrogens is 556 g/mol. The minimum Gasteiger partial charge on any atom is -0.493 e. The third-order valence-corrected chi connectivity index (χ3v) is 8.69. The molecule has 0 bridgehead atoms. The van der Waals surface area contributed by atoms with Crippen LogP contribution in [0.1, 0.15) is 47.4 Å². The quantitative estimate of drug-likeness (QED) is 0.226. The van der Waals surface area contributed by atoms with Gasteiger partial charge < -0.3 is 19.7 Å². The van der Waals surface area contributed by atoms with Crippen LogP contribution < -0.4 is 15.0 Å². The van der Waals surface area contributed by atoms with Crippen LogP contribution in [0, 0.1) is 19.8 Å². The number of benzene rings is 3. The first kappa shape index (κ1) is 29.6. The molecule has 1 fully saturated rings. The van der Waals surface area contributed by atoms with E-state index in [1.807, 2.05) is 60.4 Å². The zero-order chi connectivity index (χ0) is 29.9. The Balaban J connectivity index is 1.23. The minimum atomic E-state index is -4.16. The Morgan fingerprint density at radius 2 is 1.86 bits per heavy atom. The van der Waals surface area contributed by atoms with Crippen LogP contribution in [0.4, 0.5) is 10.5 Å². The van der Waals surface area contributed by atoms with Crippen molar-refractivity contribution in [2.75, 3.05) is 30.3 Å². The molecule has 1 aliphatic carbocycles. The number of ether oxygens (including phenoxy) is 2. The smallest absolute Gasteiger partial charge is 0.407 e. The van der Waals surface area contributed by atoms with Gasteiger partial charge >= 0.3 is 6.09 Å².